The van der Waals surface area contributed by atoms with Crippen LogP contribution in [0.2, 0.25) is 0 Å². The Morgan fingerprint density at radius 3 is 2.30 bits per heavy atom. The van der Waals surface area contributed by atoms with Crippen molar-refractivity contribution in [3.8, 4) is 5.75 Å². The first-order valence-electron chi connectivity index (χ1n) is 11.2. The van der Waals surface area contributed by atoms with Gasteiger partial charge in [-0.25, -0.2) is 4.79 Å². The summed E-state index contributed by atoms with van der Waals surface area (Å²) in [5, 5.41) is 0. The first-order chi connectivity index (χ1) is 14.3. The van der Waals surface area contributed by atoms with Gasteiger partial charge in [-0.1, -0.05) is 18.6 Å². The average molecular weight is 417 g/mol. The second-order valence-electron chi connectivity index (χ2n) is 9.52. The van der Waals surface area contributed by atoms with Gasteiger partial charge in [0.25, 0.3) is 0 Å². The van der Waals surface area contributed by atoms with Gasteiger partial charge in [0.2, 0.25) is 5.91 Å². The van der Waals surface area contributed by atoms with Gasteiger partial charge in [0, 0.05) is 32.1 Å². The molecule has 0 bridgehead atoms. The summed E-state index contributed by atoms with van der Waals surface area (Å²) in [7, 11) is 1.67. The van der Waals surface area contributed by atoms with Crippen LogP contribution in [0.4, 0.5) is 4.79 Å². The van der Waals surface area contributed by atoms with Crippen molar-refractivity contribution in [2.45, 2.75) is 64.4 Å². The molecule has 2 saturated heterocycles. The Labute approximate surface area is 180 Å². The maximum absolute atomic E-state index is 13.4. The van der Waals surface area contributed by atoms with Gasteiger partial charge in [0.15, 0.2) is 0 Å². The standard InChI is InChI=1S/C24H36N2O4/c1-24(2,3)30-23(28)26-15-7-9-20(17-26)22(27)25-14-6-5-8-19(16-25)18-10-12-21(29-4)13-11-18/h10-13,19-20H,5-9,14-17H2,1-4H3/t19-,20-/m0/s1. The number of amides is 2. The maximum atomic E-state index is 13.4. The molecular weight excluding hydrogens is 380 g/mol. The van der Waals surface area contributed by atoms with E-state index in [0.717, 1.165) is 50.9 Å². The van der Waals surface area contributed by atoms with Crippen LogP contribution in [0.5, 0.6) is 5.75 Å². The minimum absolute atomic E-state index is 0.138. The quantitative estimate of drug-likeness (QED) is 0.731. The molecule has 3 rings (SSSR count). The van der Waals surface area contributed by atoms with Gasteiger partial charge in [0.1, 0.15) is 11.4 Å². The monoisotopic (exact) mass is 416 g/mol. The predicted octanol–water partition coefficient (Wildman–Crippen LogP) is 4.44. The number of piperidine rings is 1. The van der Waals surface area contributed by atoms with Crippen LogP contribution in [-0.4, -0.2) is 60.7 Å². The molecule has 2 amide bonds. The van der Waals surface area contributed by atoms with E-state index in [-0.39, 0.29) is 17.9 Å². The molecule has 1 aromatic carbocycles. The van der Waals surface area contributed by atoms with Crippen molar-refractivity contribution >= 4 is 12.0 Å². The number of methoxy groups -OCH3 is 1. The van der Waals surface area contributed by atoms with Crippen molar-refractivity contribution in [2.75, 3.05) is 33.3 Å². The highest BCUT2D eigenvalue weighted by molar-refractivity contribution is 5.80. The summed E-state index contributed by atoms with van der Waals surface area (Å²) in [4.78, 5) is 29.6. The lowest BCUT2D eigenvalue weighted by molar-refractivity contribution is -0.137. The van der Waals surface area contributed by atoms with Gasteiger partial charge in [-0.15, -0.1) is 0 Å². The van der Waals surface area contributed by atoms with E-state index in [0.29, 0.717) is 19.0 Å². The zero-order valence-corrected chi connectivity index (χ0v) is 18.9. The fourth-order valence-corrected chi connectivity index (χ4v) is 4.42. The predicted molar refractivity (Wildman–Crippen MR) is 117 cm³/mol. The van der Waals surface area contributed by atoms with Crippen LogP contribution in [0, 0.1) is 5.92 Å². The average Bonchev–Trinajstić information content (AvgIpc) is 2.98. The zero-order chi connectivity index (χ0) is 21.7. The van der Waals surface area contributed by atoms with E-state index in [1.807, 2.05) is 37.8 Å². The molecule has 6 heteroatoms. The smallest absolute Gasteiger partial charge is 0.410 e. The van der Waals surface area contributed by atoms with E-state index in [1.165, 1.54) is 5.56 Å². The number of ether oxygens (including phenoxy) is 2. The topological polar surface area (TPSA) is 59.1 Å². The molecule has 2 heterocycles. The fourth-order valence-electron chi connectivity index (χ4n) is 4.42. The molecule has 2 aliphatic rings. The van der Waals surface area contributed by atoms with Crippen molar-refractivity contribution in [2.24, 2.45) is 5.92 Å². The van der Waals surface area contributed by atoms with Crippen LogP contribution in [0.25, 0.3) is 0 Å². The van der Waals surface area contributed by atoms with Crippen LogP contribution < -0.4 is 4.74 Å². The van der Waals surface area contributed by atoms with Gasteiger partial charge < -0.3 is 19.3 Å². The van der Waals surface area contributed by atoms with E-state index < -0.39 is 5.60 Å². The Morgan fingerprint density at radius 1 is 0.933 bits per heavy atom. The first-order valence-corrected chi connectivity index (χ1v) is 11.2. The number of hydrogen-bond donors (Lipinski definition) is 0. The molecule has 0 aliphatic carbocycles. The van der Waals surface area contributed by atoms with Crippen molar-refractivity contribution in [3.63, 3.8) is 0 Å². The highest BCUT2D eigenvalue weighted by atomic mass is 16.6. The normalized spacial score (nSPS) is 22.9. The third-order valence-corrected chi connectivity index (χ3v) is 5.99. The Balaban J connectivity index is 1.64. The Hall–Kier alpha value is -2.24. The van der Waals surface area contributed by atoms with Gasteiger partial charge in [0.05, 0.1) is 13.0 Å². The molecule has 0 unspecified atom stereocenters. The minimum atomic E-state index is -0.523. The number of likely N-dealkylation sites (tertiary alicyclic amines) is 2. The number of hydrogen-bond acceptors (Lipinski definition) is 4. The van der Waals surface area contributed by atoms with Crippen molar-refractivity contribution in [3.05, 3.63) is 29.8 Å². The number of carbonyl (C=O) groups excluding carboxylic acids is 2. The third-order valence-electron chi connectivity index (χ3n) is 5.99. The Kier molecular flexibility index (Phi) is 7.27. The molecule has 6 nitrogen and oxygen atoms in total. The van der Waals surface area contributed by atoms with E-state index in [9.17, 15) is 9.59 Å². The van der Waals surface area contributed by atoms with E-state index in [4.69, 9.17) is 9.47 Å². The third kappa shape index (κ3) is 5.89. The molecule has 30 heavy (non-hydrogen) atoms. The molecular formula is C24H36N2O4. The summed E-state index contributed by atoms with van der Waals surface area (Å²) < 4.78 is 10.8. The highest BCUT2D eigenvalue weighted by Gasteiger charge is 2.34. The van der Waals surface area contributed by atoms with Gasteiger partial charge >= 0.3 is 6.09 Å². The minimum Gasteiger partial charge on any atom is -0.497 e. The molecule has 1 aromatic rings. The van der Waals surface area contributed by atoms with Gasteiger partial charge in [-0.3, -0.25) is 4.79 Å². The van der Waals surface area contributed by atoms with Crippen LogP contribution in [0.1, 0.15) is 64.4 Å². The Morgan fingerprint density at radius 2 is 1.63 bits per heavy atom. The van der Waals surface area contributed by atoms with Crippen LogP contribution in [-0.2, 0) is 9.53 Å². The molecule has 2 aliphatic heterocycles. The maximum Gasteiger partial charge on any atom is 0.410 e. The van der Waals surface area contributed by atoms with Gasteiger partial charge in [-0.05, 0) is 64.2 Å². The second-order valence-corrected chi connectivity index (χ2v) is 9.52. The summed E-state index contributed by atoms with van der Waals surface area (Å²) in [6.07, 6.45) is 4.60. The molecule has 0 saturated carbocycles. The second kappa shape index (κ2) is 9.71. The summed E-state index contributed by atoms with van der Waals surface area (Å²) in [6.45, 7) is 8.27. The van der Waals surface area contributed by atoms with Crippen LogP contribution >= 0.6 is 0 Å². The SMILES string of the molecule is COc1ccc([C@H]2CCCCN(C(=O)[C@H]3CCCN(C(=O)OC(C)(C)C)C3)C2)cc1. The Bertz CT molecular complexity index is 726. The highest BCUT2D eigenvalue weighted by Crippen LogP contribution is 2.30. The molecule has 0 radical (unpaired) electrons. The lowest BCUT2D eigenvalue weighted by Crippen LogP contribution is -2.48. The van der Waals surface area contributed by atoms with Crippen molar-refractivity contribution in [1.82, 2.24) is 9.80 Å². The molecule has 2 fully saturated rings. The molecule has 0 spiro atoms. The summed E-state index contributed by atoms with van der Waals surface area (Å²) in [5.74, 6) is 1.24. The molecule has 0 N–H and O–H groups in total. The lowest BCUT2D eigenvalue weighted by Gasteiger charge is -2.36. The number of carbonyl (C=O) groups is 2. The zero-order valence-electron chi connectivity index (χ0n) is 18.9. The van der Waals surface area contributed by atoms with E-state index in [2.05, 4.69) is 12.1 Å². The molecule has 2 atom stereocenters. The lowest BCUT2D eigenvalue weighted by atomic mass is 9.93. The first kappa shape index (κ1) is 22.4. The fraction of sp³-hybridized carbons (Fsp3) is 0.667. The number of benzene rings is 1. The van der Waals surface area contributed by atoms with E-state index in [1.54, 1.807) is 12.0 Å². The number of nitrogens with zero attached hydrogens (tertiary/aromatic N) is 2. The van der Waals surface area contributed by atoms with Crippen molar-refractivity contribution in [1.29, 1.82) is 0 Å². The molecule has 0 aromatic heterocycles. The number of rotatable bonds is 3. The van der Waals surface area contributed by atoms with Crippen molar-refractivity contribution < 1.29 is 19.1 Å². The van der Waals surface area contributed by atoms with Gasteiger partial charge in [-0.2, -0.15) is 0 Å². The summed E-state index contributed by atoms with van der Waals surface area (Å²) >= 11 is 0. The largest absolute Gasteiger partial charge is 0.497 e. The van der Waals surface area contributed by atoms with Crippen LogP contribution in [0.3, 0.4) is 0 Å². The molecule has 166 valence electrons. The summed E-state index contributed by atoms with van der Waals surface area (Å²) in [5.41, 5.74) is 0.735. The van der Waals surface area contributed by atoms with Crippen LogP contribution in [0.15, 0.2) is 24.3 Å². The summed E-state index contributed by atoms with van der Waals surface area (Å²) in [6, 6.07) is 8.21. The van der Waals surface area contributed by atoms with E-state index >= 15 is 0 Å².